The Morgan fingerprint density at radius 3 is 2.65 bits per heavy atom. The summed E-state index contributed by atoms with van der Waals surface area (Å²) >= 11 is 3.04. The van der Waals surface area contributed by atoms with Gasteiger partial charge in [-0.25, -0.2) is 0 Å². The summed E-state index contributed by atoms with van der Waals surface area (Å²) in [5, 5.41) is 0. The summed E-state index contributed by atoms with van der Waals surface area (Å²) < 4.78 is 0.439. The first kappa shape index (κ1) is 12.2. The fraction of sp³-hybridized carbons (Fsp3) is 0.158. The first-order chi connectivity index (χ1) is 9.84. The van der Waals surface area contributed by atoms with E-state index in [1.807, 2.05) is 0 Å². The van der Waals surface area contributed by atoms with E-state index in [0.29, 0.717) is 4.78 Å². The number of rotatable bonds is 2. The van der Waals surface area contributed by atoms with Crippen LogP contribution in [0.2, 0.25) is 0 Å². The molecule has 0 saturated heterocycles. The minimum absolute atomic E-state index is 0.439. The van der Waals surface area contributed by atoms with Crippen LogP contribution in [-0.2, 0) is 6.42 Å². The van der Waals surface area contributed by atoms with Crippen molar-refractivity contribution in [3.63, 3.8) is 0 Å². The second-order valence-electron chi connectivity index (χ2n) is 5.56. The van der Waals surface area contributed by atoms with E-state index in [9.17, 15) is 0 Å². The molecule has 2 aromatic rings. The van der Waals surface area contributed by atoms with Gasteiger partial charge in [0.25, 0.3) is 0 Å². The Balaban J connectivity index is 1.81. The predicted octanol–water partition coefficient (Wildman–Crippen LogP) is 4.35. The molecule has 0 aliphatic heterocycles. The molecule has 20 heavy (non-hydrogen) atoms. The molecule has 94 valence electrons. The fourth-order valence-electron chi connectivity index (χ4n) is 3.37. The highest BCUT2D eigenvalue weighted by atomic mass is 27.0. The largest absolute Gasteiger partial charge is 0.139 e. The van der Waals surface area contributed by atoms with Crippen LogP contribution in [-0.4, -0.2) is 16.3 Å². The molecule has 4 rings (SSSR count). The molecule has 0 saturated carbocycles. The zero-order chi connectivity index (χ0) is 13.5. The number of benzene rings is 2. The van der Waals surface area contributed by atoms with E-state index >= 15 is 0 Å². The van der Waals surface area contributed by atoms with Crippen molar-refractivity contribution >= 4 is 16.3 Å². The van der Waals surface area contributed by atoms with E-state index in [2.05, 4.69) is 77.0 Å². The topological polar surface area (TPSA) is 0 Å². The Hall–Kier alpha value is -1.55. The number of hydrogen-bond acceptors (Lipinski definition) is 0. The van der Waals surface area contributed by atoms with Gasteiger partial charge in [-0.05, 0) is 35.1 Å². The Morgan fingerprint density at radius 1 is 0.950 bits per heavy atom. The van der Waals surface area contributed by atoms with Crippen molar-refractivity contribution in [3.05, 3.63) is 83.0 Å². The van der Waals surface area contributed by atoms with Gasteiger partial charge in [0.1, 0.15) is 16.3 Å². The summed E-state index contributed by atoms with van der Waals surface area (Å²) in [5.41, 5.74) is 8.79. The third-order valence-corrected chi connectivity index (χ3v) is 5.21. The molecule has 0 amide bonds. The standard InChI is InChI=1S/C19H15.Al/c1-2-7-14(6-1)12-15-9-5-11-18-17-10-4-3-8-16(17)13-19(15)18;/h1-6,8-12H,7,13H2;. The molecule has 0 spiro atoms. The normalized spacial score (nSPS) is 16.7. The van der Waals surface area contributed by atoms with E-state index in [-0.39, 0.29) is 0 Å². The molecule has 1 atom stereocenters. The third kappa shape index (κ3) is 1.82. The highest BCUT2D eigenvalue weighted by molar-refractivity contribution is 6.15. The first-order valence-electron chi connectivity index (χ1n) is 7.16. The molecule has 2 radical (unpaired) electrons. The summed E-state index contributed by atoms with van der Waals surface area (Å²) in [6.45, 7) is 0. The Bertz CT molecular complexity index is 737. The van der Waals surface area contributed by atoms with Gasteiger partial charge in [-0.1, -0.05) is 76.6 Å². The van der Waals surface area contributed by atoms with Gasteiger partial charge in [0.05, 0.1) is 0 Å². The molecule has 0 bridgehead atoms. The van der Waals surface area contributed by atoms with Crippen LogP contribution < -0.4 is 0 Å². The van der Waals surface area contributed by atoms with Crippen LogP contribution >= 0.6 is 0 Å². The monoisotopic (exact) mass is 270 g/mol. The van der Waals surface area contributed by atoms with E-state index in [4.69, 9.17) is 0 Å². The van der Waals surface area contributed by atoms with Gasteiger partial charge >= 0.3 is 0 Å². The lowest BCUT2D eigenvalue weighted by Crippen LogP contribution is -2.04. The van der Waals surface area contributed by atoms with Crippen molar-refractivity contribution in [1.29, 1.82) is 0 Å². The zero-order valence-electron chi connectivity index (χ0n) is 11.3. The Kier molecular flexibility index (Phi) is 2.92. The lowest BCUT2D eigenvalue weighted by molar-refractivity contribution is 1.02. The van der Waals surface area contributed by atoms with E-state index < -0.39 is 0 Å². The summed E-state index contributed by atoms with van der Waals surface area (Å²) in [7, 11) is 0. The van der Waals surface area contributed by atoms with Crippen molar-refractivity contribution in [2.45, 2.75) is 17.6 Å². The van der Waals surface area contributed by atoms with Crippen molar-refractivity contribution in [1.82, 2.24) is 0 Å². The molecule has 1 heteroatoms. The second kappa shape index (κ2) is 4.78. The zero-order valence-corrected chi connectivity index (χ0v) is 12.5. The number of fused-ring (bicyclic) bond motifs is 3. The van der Waals surface area contributed by atoms with E-state index in [0.717, 1.165) is 12.8 Å². The number of hydrogen-bond donors (Lipinski definition) is 0. The molecule has 2 aromatic carbocycles. The maximum atomic E-state index is 3.04. The van der Waals surface area contributed by atoms with Gasteiger partial charge in [0, 0.05) is 0 Å². The molecule has 0 heterocycles. The molecular weight excluding hydrogens is 255 g/mol. The van der Waals surface area contributed by atoms with Crippen LogP contribution in [0.15, 0.2) is 66.3 Å². The Labute approximate surface area is 128 Å². The van der Waals surface area contributed by atoms with Crippen LogP contribution in [0.4, 0.5) is 0 Å². The SMILES string of the molecule is [Al][CH](C1=CC=CC1)c1cccc2c1Cc1ccccc1-2. The van der Waals surface area contributed by atoms with Crippen LogP contribution in [0, 0.1) is 0 Å². The minimum atomic E-state index is 0.439. The lowest BCUT2D eigenvalue weighted by atomic mass is 9.95. The van der Waals surface area contributed by atoms with Gasteiger partial charge in [0.15, 0.2) is 0 Å². The average molecular weight is 270 g/mol. The van der Waals surface area contributed by atoms with Crippen molar-refractivity contribution in [2.24, 2.45) is 0 Å². The summed E-state index contributed by atoms with van der Waals surface area (Å²) in [6, 6.07) is 15.6. The molecular formula is C19H15Al. The fourth-order valence-corrected chi connectivity index (χ4v) is 3.93. The quantitative estimate of drug-likeness (QED) is 0.607. The molecule has 1 unspecified atom stereocenters. The smallest absolute Gasteiger partial charge is 0.0805 e. The van der Waals surface area contributed by atoms with Crippen LogP contribution in [0.25, 0.3) is 11.1 Å². The maximum Gasteiger partial charge on any atom is 0.139 e. The van der Waals surface area contributed by atoms with Gasteiger partial charge in [-0.15, -0.1) is 0 Å². The van der Waals surface area contributed by atoms with Crippen LogP contribution in [0.3, 0.4) is 0 Å². The molecule has 0 nitrogen and oxygen atoms in total. The average Bonchev–Trinajstić information content (AvgIpc) is 3.13. The summed E-state index contributed by atoms with van der Waals surface area (Å²) in [5.74, 6) is 0. The van der Waals surface area contributed by atoms with Crippen LogP contribution in [0.1, 0.15) is 27.9 Å². The maximum absolute atomic E-state index is 3.04. The van der Waals surface area contributed by atoms with Gasteiger partial charge in [-0.3, -0.25) is 0 Å². The number of allylic oxidation sites excluding steroid dienone is 4. The van der Waals surface area contributed by atoms with Gasteiger partial charge in [0.2, 0.25) is 0 Å². The molecule has 0 N–H and O–H groups in total. The first-order valence-corrected chi connectivity index (χ1v) is 7.82. The van der Waals surface area contributed by atoms with Crippen molar-refractivity contribution < 1.29 is 0 Å². The highest BCUT2D eigenvalue weighted by Gasteiger charge is 2.23. The lowest BCUT2D eigenvalue weighted by Gasteiger charge is -2.18. The molecule has 2 aliphatic carbocycles. The molecule has 0 aromatic heterocycles. The van der Waals surface area contributed by atoms with Crippen LogP contribution in [0.5, 0.6) is 0 Å². The third-order valence-electron chi connectivity index (χ3n) is 4.42. The van der Waals surface area contributed by atoms with Gasteiger partial charge in [-0.2, -0.15) is 0 Å². The summed E-state index contributed by atoms with van der Waals surface area (Å²) in [6.07, 6.45) is 8.84. The van der Waals surface area contributed by atoms with Crippen molar-refractivity contribution in [2.75, 3.05) is 0 Å². The Morgan fingerprint density at radius 2 is 1.80 bits per heavy atom. The second-order valence-corrected chi connectivity index (χ2v) is 6.23. The summed E-state index contributed by atoms with van der Waals surface area (Å²) in [4.78, 5) is 0. The van der Waals surface area contributed by atoms with Crippen molar-refractivity contribution in [3.8, 4) is 11.1 Å². The molecule has 2 aliphatic rings. The van der Waals surface area contributed by atoms with E-state index in [1.54, 1.807) is 0 Å². The molecule has 0 fully saturated rings. The highest BCUT2D eigenvalue weighted by Crippen LogP contribution is 2.41. The van der Waals surface area contributed by atoms with E-state index in [1.165, 1.54) is 33.4 Å². The van der Waals surface area contributed by atoms with Gasteiger partial charge < -0.3 is 0 Å². The predicted molar refractivity (Wildman–Crippen MR) is 85.0 cm³/mol. The minimum Gasteiger partial charge on any atom is -0.0805 e.